The summed E-state index contributed by atoms with van der Waals surface area (Å²) in [6, 6.07) is 2.38. The molecule has 1 aromatic heterocycles. The fourth-order valence-electron chi connectivity index (χ4n) is 2.75. The monoisotopic (exact) mass is 250 g/mol. The number of nitrogens with zero attached hydrogens (tertiary/aromatic N) is 1. The fraction of sp³-hybridized carbons (Fsp3) is 0.615. The van der Waals surface area contributed by atoms with Crippen molar-refractivity contribution in [3.8, 4) is 0 Å². The van der Waals surface area contributed by atoms with Crippen LogP contribution in [-0.2, 0) is 11.2 Å². The molecule has 17 heavy (non-hydrogen) atoms. The Bertz CT molecular complexity index is 450. The third-order valence-electron chi connectivity index (χ3n) is 4.24. The van der Waals surface area contributed by atoms with Crippen molar-refractivity contribution < 1.29 is 4.79 Å². The highest BCUT2D eigenvalue weighted by Crippen LogP contribution is 2.48. The van der Waals surface area contributed by atoms with Gasteiger partial charge in [0, 0.05) is 18.0 Å². The summed E-state index contributed by atoms with van der Waals surface area (Å²) in [5, 5.41) is 2.13. The van der Waals surface area contributed by atoms with E-state index in [1.807, 2.05) is 16.2 Å². The van der Waals surface area contributed by atoms with E-state index in [1.54, 1.807) is 0 Å². The molecule has 1 unspecified atom stereocenters. The SMILES string of the molecule is CC1c2ccsc2CCN1C(=O)C1(CN)CC1. The van der Waals surface area contributed by atoms with Crippen molar-refractivity contribution in [3.05, 3.63) is 21.9 Å². The van der Waals surface area contributed by atoms with Gasteiger partial charge >= 0.3 is 0 Å². The van der Waals surface area contributed by atoms with E-state index < -0.39 is 0 Å². The van der Waals surface area contributed by atoms with E-state index in [9.17, 15) is 4.79 Å². The van der Waals surface area contributed by atoms with Crippen LogP contribution in [-0.4, -0.2) is 23.9 Å². The lowest BCUT2D eigenvalue weighted by molar-refractivity contribution is -0.139. The average molecular weight is 250 g/mol. The molecular formula is C13H18N2OS. The summed E-state index contributed by atoms with van der Waals surface area (Å²) in [6.45, 7) is 3.50. The van der Waals surface area contributed by atoms with Gasteiger partial charge < -0.3 is 10.6 Å². The van der Waals surface area contributed by atoms with Crippen LogP contribution in [0.4, 0.5) is 0 Å². The Morgan fingerprint density at radius 1 is 1.65 bits per heavy atom. The summed E-state index contributed by atoms with van der Waals surface area (Å²) in [6.07, 6.45) is 2.95. The molecule has 1 saturated carbocycles. The molecule has 92 valence electrons. The maximum atomic E-state index is 12.5. The number of hydrogen-bond donors (Lipinski definition) is 1. The molecule has 1 fully saturated rings. The van der Waals surface area contributed by atoms with Gasteiger partial charge in [-0.25, -0.2) is 0 Å². The molecule has 4 heteroatoms. The highest BCUT2D eigenvalue weighted by Gasteiger charge is 2.51. The Kier molecular flexibility index (Phi) is 2.52. The molecule has 0 spiro atoms. The van der Waals surface area contributed by atoms with E-state index in [0.717, 1.165) is 25.8 Å². The highest BCUT2D eigenvalue weighted by atomic mass is 32.1. The fourth-order valence-corrected chi connectivity index (χ4v) is 3.71. The van der Waals surface area contributed by atoms with Gasteiger partial charge in [0.25, 0.3) is 0 Å². The zero-order chi connectivity index (χ0) is 12.0. The number of rotatable bonds is 2. The first-order chi connectivity index (χ1) is 8.18. The highest BCUT2D eigenvalue weighted by molar-refractivity contribution is 7.10. The summed E-state index contributed by atoms with van der Waals surface area (Å²) in [5.41, 5.74) is 6.88. The van der Waals surface area contributed by atoms with Gasteiger partial charge in [0.05, 0.1) is 11.5 Å². The number of amides is 1. The third kappa shape index (κ3) is 1.62. The first kappa shape index (κ1) is 11.2. The number of nitrogens with two attached hydrogens (primary N) is 1. The van der Waals surface area contributed by atoms with Crippen LogP contribution in [0.1, 0.15) is 36.2 Å². The largest absolute Gasteiger partial charge is 0.335 e. The molecule has 1 atom stereocenters. The molecule has 0 bridgehead atoms. The van der Waals surface area contributed by atoms with Crippen LogP contribution >= 0.6 is 11.3 Å². The van der Waals surface area contributed by atoms with E-state index in [1.165, 1.54) is 10.4 Å². The van der Waals surface area contributed by atoms with Crippen molar-refractivity contribution >= 4 is 17.2 Å². The lowest BCUT2D eigenvalue weighted by Gasteiger charge is -2.36. The quantitative estimate of drug-likeness (QED) is 0.872. The minimum Gasteiger partial charge on any atom is -0.335 e. The van der Waals surface area contributed by atoms with Crippen LogP contribution in [0, 0.1) is 5.41 Å². The molecule has 1 aromatic rings. The van der Waals surface area contributed by atoms with Gasteiger partial charge in [-0.2, -0.15) is 0 Å². The number of thiophene rings is 1. The van der Waals surface area contributed by atoms with Gasteiger partial charge in [0.2, 0.25) is 5.91 Å². The normalized spacial score (nSPS) is 25.5. The van der Waals surface area contributed by atoms with Crippen LogP contribution < -0.4 is 5.73 Å². The van der Waals surface area contributed by atoms with Gasteiger partial charge in [0.15, 0.2) is 0 Å². The van der Waals surface area contributed by atoms with E-state index in [0.29, 0.717) is 6.54 Å². The molecule has 1 aliphatic heterocycles. The molecule has 1 amide bonds. The summed E-state index contributed by atoms with van der Waals surface area (Å²) >= 11 is 1.81. The first-order valence-electron chi connectivity index (χ1n) is 6.25. The smallest absolute Gasteiger partial charge is 0.230 e. The predicted molar refractivity (Wildman–Crippen MR) is 68.9 cm³/mol. The zero-order valence-electron chi connectivity index (χ0n) is 10.1. The van der Waals surface area contributed by atoms with Crippen LogP contribution in [0.2, 0.25) is 0 Å². The minimum absolute atomic E-state index is 0.207. The summed E-state index contributed by atoms with van der Waals surface area (Å²) in [7, 11) is 0. The Labute approximate surface area is 106 Å². The van der Waals surface area contributed by atoms with E-state index in [-0.39, 0.29) is 17.4 Å². The Morgan fingerprint density at radius 2 is 2.41 bits per heavy atom. The number of fused-ring (bicyclic) bond motifs is 1. The zero-order valence-corrected chi connectivity index (χ0v) is 10.9. The molecule has 3 nitrogen and oxygen atoms in total. The van der Waals surface area contributed by atoms with Crippen molar-refractivity contribution in [1.29, 1.82) is 0 Å². The lowest BCUT2D eigenvalue weighted by Crippen LogP contribution is -2.44. The summed E-state index contributed by atoms with van der Waals surface area (Å²) in [5.74, 6) is 0.282. The molecular weight excluding hydrogens is 232 g/mol. The summed E-state index contributed by atoms with van der Waals surface area (Å²) < 4.78 is 0. The number of carbonyl (C=O) groups is 1. The molecule has 0 radical (unpaired) electrons. The molecule has 1 aliphatic carbocycles. The molecule has 2 heterocycles. The van der Waals surface area contributed by atoms with Crippen molar-refractivity contribution in [3.63, 3.8) is 0 Å². The van der Waals surface area contributed by atoms with Crippen molar-refractivity contribution in [2.75, 3.05) is 13.1 Å². The van der Waals surface area contributed by atoms with E-state index in [4.69, 9.17) is 5.73 Å². The minimum atomic E-state index is -0.207. The second-order valence-corrected chi connectivity index (χ2v) is 6.21. The van der Waals surface area contributed by atoms with E-state index in [2.05, 4.69) is 18.4 Å². The van der Waals surface area contributed by atoms with Crippen molar-refractivity contribution in [2.24, 2.45) is 11.1 Å². The van der Waals surface area contributed by atoms with Crippen LogP contribution in [0.15, 0.2) is 11.4 Å². The topological polar surface area (TPSA) is 46.3 Å². The molecule has 0 saturated heterocycles. The van der Waals surface area contributed by atoms with E-state index >= 15 is 0 Å². The van der Waals surface area contributed by atoms with Crippen LogP contribution in [0.3, 0.4) is 0 Å². The van der Waals surface area contributed by atoms with Crippen molar-refractivity contribution in [2.45, 2.75) is 32.2 Å². The second kappa shape index (κ2) is 3.82. The van der Waals surface area contributed by atoms with Gasteiger partial charge in [-0.3, -0.25) is 4.79 Å². The average Bonchev–Trinajstić information content (AvgIpc) is 3.00. The first-order valence-corrected chi connectivity index (χ1v) is 7.13. The number of hydrogen-bond acceptors (Lipinski definition) is 3. The molecule has 3 rings (SSSR count). The van der Waals surface area contributed by atoms with Gasteiger partial charge in [-0.1, -0.05) is 0 Å². The summed E-state index contributed by atoms with van der Waals surface area (Å²) in [4.78, 5) is 16.0. The van der Waals surface area contributed by atoms with Gasteiger partial charge in [-0.05, 0) is 43.2 Å². The Morgan fingerprint density at radius 3 is 3.06 bits per heavy atom. The Balaban J connectivity index is 1.85. The molecule has 2 N–H and O–H groups in total. The predicted octanol–water partition coefficient (Wildman–Crippen LogP) is 1.93. The van der Waals surface area contributed by atoms with Crippen LogP contribution in [0.5, 0.6) is 0 Å². The maximum absolute atomic E-state index is 12.5. The van der Waals surface area contributed by atoms with Crippen LogP contribution in [0.25, 0.3) is 0 Å². The maximum Gasteiger partial charge on any atom is 0.230 e. The molecule has 2 aliphatic rings. The van der Waals surface area contributed by atoms with Gasteiger partial charge in [0.1, 0.15) is 0 Å². The second-order valence-electron chi connectivity index (χ2n) is 5.21. The standard InChI is InChI=1S/C13H18N2OS/c1-9-10-3-7-17-11(10)2-6-15(9)12(16)13(8-14)4-5-13/h3,7,9H,2,4-6,8,14H2,1H3. The molecule has 0 aromatic carbocycles. The number of carbonyl (C=O) groups excluding carboxylic acids is 1. The van der Waals surface area contributed by atoms with Gasteiger partial charge in [-0.15, -0.1) is 11.3 Å². The van der Waals surface area contributed by atoms with Crippen molar-refractivity contribution in [1.82, 2.24) is 4.90 Å². The third-order valence-corrected chi connectivity index (χ3v) is 5.23. The Hall–Kier alpha value is -0.870. The lowest BCUT2D eigenvalue weighted by atomic mass is 9.97.